The molecule has 20 heavy (non-hydrogen) atoms. The number of hydrogen-bond donors (Lipinski definition) is 0. The Balaban J connectivity index is 3.01. The van der Waals surface area contributed by atoms with Crippen molar-refractivity contribution in [2.75, 3.05) is 0 Å². The lowest BCUT2D eigenvalue weighted by atomic mass is 9.95. The van der Waals surface area contributed by atoms with Crippen molar-refractivity contribution in [3.05, 3.63) is 28.0 Å². The Labute approximate surface area is 135 Å². The Morgan fingerprint density at radius 2 is 2.00 bits per heavy atom. The van der Waals surface area contributed by atoms with Gasteiger partial charge < -0.3 is 0 Å². The van der Waals surface area contributed by atoms with Crippen molar-refractivity contribution in [3.63, 3.8) is 0 Å². The zero-order valence-electron chi connectivity index (χ0n) is 11.4. The molecule has 0 saturated carbocycles. The Hall–Kier alpha value is -0.390. The normalized spacial score (nSPS) is 13.9. The maximum absolute atomic E-state index is 13.5. The highest BCUT2D eigenvalue weighted by Gasteiger charge is 2.22. The van der Waals surface area contributed by atoms with Crippen molar-refractivity contribution in [2.24, 2.45) is 11.8 Å². The minimum atomic E-state index is -0.876. The van der Waals surface area contributed by atoms with E-state index in [2.05, 4.69) is 15.9 Å². The topological polar surface area (TPSA) is 34.1 Å². The highest BCUT2D eigenvalue weighted by atomic mass is 79.9. The van der Waals surface area contributed by atoms with Gasteiger partial charge in [0.05, 0.1) is 5.56 Å². The van der Waals surface area contributed by atoms with E-state index in [4.69, 9.17) is 11.6 Å². The molecule has 0 fully saturated rings. The summed E-state index contributed by atoms with van der Waals surface area (Å²) in [5, 5.41) is -0.890. The maximum Gasteiger partial charge on any atom is 0.255 e. The molecule has 2 unspecified atom stereocenters. The van der Waals surface area contributed by atoms with Crippen LogP contribution in [0.15, 0.2) is 21.5 Å². The third kappa shape index (κ3) is 4.30. The van der Waals surface area contributed by atoms with Gasteiger partial charge in [-0.05, 0) is 45.6 Å². The zero-order chi connectivity index (χ0) is 15.4. The molecule has 0 spiro atoms. The van der Waals surface area contributed by atoms with Crippen LogP contribution in [0.25, 0.3) is 0 Å². The summed E-state index contributed by atoms with van der Waals surface area (Å²) in [6.07, 6.45) is 0.906. The summed E-state index contributed by atoms with van der Waals surface area (Å²) in [5.41, 5.74) is -0.221. The van der Waals surface area contributed by atoms with Crippen LogP contribution >= 0.6 is 39.3 Å². The first-order valence-corrected chi connectivity index (χ1v) is 8.17. The Kier molecular flexibility index (Phi) is 6.69. The zero-order valence-corrected chi connectivity index (χ0v) is 14.5. The molecule has 0 aromatic heterocycles. The van der Waals surface area contributed by atoms with Gasteiger partial charge in [-0.25, -0.2) is 4.39 Å². The highest BCUT2D eigenvalue weighted by Crippen LogP contribution is 2.34. The molecule has 0 radical (unpaired) electrons. The van der Waals surface area contributed by atoms with Crippen LogP contribution in [0.5, 0.6) is 0 Å². The van der Waals surface area contributed by atoms with Gasteiger partial charge in [0.1, 0.15) is 5.82 Å². The molecular weight excluding hydrogens is 367 g/mol. The van der Waals surface area contributed by atoms with Crippen LogP contribution < -0.4 is 0 Å². The SMILES string of the molecule is CCC(C)C(C)C(=O)Sc1cc(C(=O)Cl)c(F)cc1Br. The fourth-order valence-corrected chi connectivity index (χ4v) is 3.22. The van der Waals surface area contributed by atoms with Crippen molar-refractivity contribution in [2.45, 2.75) is 32.1 Å². The number of carbonyl (C=O) groups excluding carboxylic acids is 2. The molecule has 0 aliphatic carbocycles. The molecule has 1 aromatic rings. The minimum absolute atomic E-state index is 0.0142. The fraction of sp³-hybridized carbons (Fsp3) is 0.429. The first-order valence-electron chi connectivity index (χ1n) is 6.18. The minimum Gasteiger partial charge on any atom is -0.287 e. The quantitative estimate of drug-likeness (QED) is 0.515. The van der Waals surface area contributed by atoms with E-state index in [1.165, 1.54) is 6.07 Å². The summed E-state index contributed by atoms with van der Waals surface area (Å²) in [6.45, 7) is 5.91. The highest BCUT2D eigenvalue weighted by molar-refractivity contribution is 9.10. The lowest BCUT2D eigenvalue weighted by Crippen LogP contribution is -2.15. The molecule has 0 amide bonds. The van der Waals surface area contributed by atoms with Crippen molar-refractivity contribution in [1.82, 2.24) is 0 Å². The molecule has 6 heteroatoms. The van der Waals surface area contributed by atoms with Crippen LogP contribution in [0.2, 0.25) is 0 Å². The van der Waals surface area contributed by atoms with Gasteiger partial charge in [0.25, 0.3) is 5.24 Å². The van der Waals surface area contributed by atoms with Gasteiger partial charge in [-0.1, -0.05) is 39.0 Å². The predicted molar refractivity (Wildman–Crippen MR) is 83.8 cm³/mol. The molecule has 2 atom stereocenters. The van der Waals surface area contributed by atoms with Crippen molar-refractivity contribution >= 4 is 49.7 Å². The number of thioether (sulfide) groups is 1. The fourth-order valence-electron chi connectivity index (χ4n) is 1.55. The summed E-state index contributed by atoms with van der Waals surface area (Å²) >= 11 is 9.51. The van der Waals surface area contributed by atoms with Gasteiger partial charge in [0.2, 0.25) is 0 Å². The number of rotatable bonds is 5. The van der Waals surface area contributed by atoms with Gasteiger partial charge in [-0.15, -0.1) is 0 Å². The summed E-state index contributed by atoms with van der Waals surface area (Å²) in [7, 11) is 0. The molecule has 1 rings (SSSR count). The van der Waals surface area contributed by atoms with Gasteiger partial charge in [0.15, 0.2) is 5.12 Å². The second kappa shape index (κ2) is 7.57. The van der Waals surface area contributed by atoms with E-state index in [-0.39, 0.29) is 22.5 Å². The van der Waals surface area contributed by atoms with Gasteiger partial charge in [0, 0.05) is 15.3 Å². The Morgan fingerprint density at radius 1 is 1.40 bits per heavy atom. The third-order valence-corrected chi connectivity index (χ3v) is 5.57. The van der Waals surface area contributed by atoms with Crippen molar-refractivity contribution in [3.8, 4) is 0 Å². The van der Waals surface area contributed by atoms with Crippen LogP contribution in [0.3, 0.4) is 0 Å². The van der Waals surface area contributed by atoms with Crippen LogP contribution in [0.4, 0.5) is 4.39 Å². The standard InChI is InChI=1S/C14H15BrClFO2S/c1-4-7(2)8(3)14(19)20-12-5-9(13(16)18)11(17)6-10(12)15/h5-8H,4H2,1-3H3. The van der Waals surface area contributed by atoms with E-state index in [1.54, 1.807) is 0 Å². The van der Waals surface area contributed by atoms with Crippen molar-refractivity contribution < 1.29 is 14.0 Å². The monoisotopic (exact) mass is 380 g/mol. The first-order chi connectivity index (χ1) is 9.27. The average Bonchev–Trinajstić information content (AvgIpc) is 2.39. The van der Waals surface area contributed by atoms with E-state index in [9.17, 15) is 14.0 Å². The second-order valence-corrected chi connectivity index (χ2v) is 6.88. The molecule has 2 nitrogen and oxygen atoms in total. The van der Waals surface area contributed by atoms with Crippen LogP contribution in [0.1, 0.15) is 37.6 Å². The smallest absolute Gasteiger partial charge is 0.255 e. The molecule has 0 bridgehead atoms. The molecule has 0 aliphatic heterocycles. The maximum atomic E-state index is 13.5. The Morgan fingerprint density at radius 3 is 2.50 bits per heavy atom. The number of hydrogen-bond acceptors (Lipinski definition) is 3. The number of benzene rings is 1. The number of halogens is 3. The molecule has 0 saturated heterocycles. The lowest BCUT2D eigenvalue weighted by Gasteiger charge is -2.16. The second-order valence-electron chi connectivity index (χ2n) is 4.63. The molecule has 0 N–H and O–H groups in total. The lowest BCUT2D eigenvalue weighted by molar-refractivity contribution is -0.115. The van der Waals surface area contributed by atoms with E-state index >= 15 is 0 Å². The molecule has 0 heterocycles. The van der Waals surface area contributed by atoms with E-state index in [0.29, 0.717) is 9.37 Å². The van der Waals surface area contributed by atoms with Gasteiger partial charge in [-0.3, -0.25) is 9.59 Å². The largest absolute Gasteiger partial charge is 0.287 e. The molecular formula is C14H15BrClFO2S. The summed E-state index contributed by atoms with van der Waals surface area (Å²) in [5.74, 6) is -0.552. The third-order valence-electron chi connectivity index (χ3n) is 3.31. The Bertz CT molecular complexity index is 536. The molecule has 110 valence electrons. The molecule has 0 aliphatic rings. The van der Waals surface area contributed by atoms with Gasteiger partial charge >= 0.3 is 0 Å². The summed E-state index contributed by atoms with van der Waals surface area (Å²) in [6, 6.07) is 2.46. The first kappa shape index (κ1) is 17.7. The van der Waals surface area contributed by atoms with E-state index < -0.39 is 11.1 Å². The van der Waals surface area contributed by atoms with E-state index in [1.807, 2.05) is 20.8 Å². The summed E-state index contributed by atoms with van der Waals surface area (Å²) in [4.78, 5) is 23.8. The average molecular weight is 382 g/mol. The van der Waals surface area contributed by atoms with Gasteiger partial charge in [-0.2, -0.15) is 0 Å². The van der Waals surface area contributed by atoms with Crippen LogP contribution in [-0.2, 0) is 4.79 Å². The van der Waals surface area contributed by atoms with Crippen molar-refractivity contribution in [1.29, 1.82) is 0 Å². The van der Waals surface area contributed by atoms with Crippen LogP contribution in [0, 0.1) is 17.7 Å². The predicted octanol–water partition coefficient (Wildman–Crippen LogP) is 5.27. The van der Waals surface area contributed by atoms with Crippen LogP contribution in [-0.4, -0.2) is 10.4 Å². The molecule has 1 aromatic carbocycles. The van der Waals surface area contributed by atoms with E-state index in [0.717, 1.165) is 24.2 Å². The summed E-state index contributed by atoms with van der Waals surface area (Å²) < 4.78 is 14.0. The number of carbonyl (C=O) groups is 2.